The van der Waals surface area contributed by atoms with Crippen LogP contribution in [0.15, 0.2) is 0 Å². The van der Waals surface area contributed by atoms with E-state index in [4.69, 9.17) is 47.4 Å². The first-order valence-corrected chi connectivity index (χ1v) is 18.8. The molecule has 6 saturated heterocycles. The van der Waals surface area contributed by atoms with E-state index in [0.29, 0.717) is 25.7 Å². The molecular formula is C36H54O16. The summed E-state index contributed by atoms with van der Waals surface area (Å²) in [5.41, 5.74) is -2.35. The summed E-state index contributed by atoms with van der Waals surface area (Å²) in [6.45, 7) is 8.10. The Kier molecular flexibility index (Phi) is 12.7. The highest BCUT2D eigenvalue weighted by Gasteiger charge is 2.54. The zero-order valence-electron chi connectivity index (χ0n) is 30.4. The lowest BCUT2D eigenvalue weighted by Crippen LogP contribution is -2.47. The smallest absolute Gasteiger partial charge is 0.306 e. The van der Waals surface area contributed by atoms with Gasteiger partial charge in [0.25, 0.3) is 0 Å². The lowest BCUT2D eigenvalue weighted by Gasteiger charge is -2.35. The van der Waals surface area contributed by atoms with Crippen LogP contribution in [0.5, 0.6) is 0 Å². The number of fused-ring (bicyclic) bond motifs is 3. The summed E-state index contributed by atoms with van der Waals surface area (Å²) in [7, 11) is 0. The van der Waals surface area contributed by atoms with Crippen molar-refractivity contribution in [1.29, 1.82) is 0 Å². The molecule has 52 heavy (non-hydrogen) atoms. The van der Waals surface area contributed by atoms with Crippen LogP contribution in [0, 0.1) is 0 Å². The zero-order chi connectivity index (χ0) is 37.2. The first-order valence-electron chi connectivity index (χ1n) is 18.8. The quantitative estimate of drug-likeness (QED) is 0.184. The minimum atomic E-state index is -1.23. The van der Waals surface area contributed by atoms with Gasteiger partial charge in [-0.3, -0.25) is 19.2 Å². The van der Waals surface area contributed by atoms with Crippen molar-refractivity contribution in [3.8, 4) is 0 Å². The molecule has 16 nitrogen and oxygen atoms in total. The molecule has 6 aliphatic rings. The molecule has 0 aliphatic carbocycles. The van der Waals surface area contributed by atoms with Gasteiger partial charge >= 0.3 is 11.9 Å². The molecule has 14 atom stereocenters. The first-order chi connectivity index (χ1) is 24.9. The van der Waals surface area contributed by atoms with E-state index in [1.165, 1.54) is 0 Å². The van der Waals surface area contributed by atoms with Crippen LogP contribution in [0.2, 0.25) is 0 Å². The minimum Gasteiger partial charge on any atom is -0.457 e. The number of esters is 2. The Balaban J connectivity index is 0.951. The van der Waals surface area contributed by atoms with Crippen LogP contribution in [0.4, 0.5) is 0 Å². The summed E-state index contributed by atoms with van der Waals surface area (Å²) < 4.78 is 58.2. The van der Waals surface area contributed by atoms with Gasteiger partial charge in [-0.1, -0.05) is 27.2 Å². The third-order valence-corrected chi connectivity index (χ3v) is 11.4. The summed E-state index contributed by atoms with van der Waals surface area (Å²) in [5, 5.41) is 20.0. The van der Waals surface area contributed by atoms with E-state index in [0.717, 1.165) is 0 Å². The second kappa shape index (κ2) is 16.7. The second-order valence-corrected chi connectivity index (χ2v) is 14.8. The van der Waals surface area contributed by atoms with Gasteiger partial charge < -0.3 is 57.6 Å². The van der Waals surface area contributed by atoms with Crippen LogP contribution in [0.25, 0.3) is 0 Å². The highest BCUT2D eigenvalue weighted by atomic mass is 16.7. The predicted molar refractivity (Wildman–Crippen MR) is 175 cm³/mol. The molecule has 0 saturated carbocycles. The molecule has 0 aromatic heterocycles. The summed E-state index contributed by atoms with van der Waals surface area (Å²) >= 11 is 0. The van der Waals surface area contributed by atoms with Crippen LogP contribution >= 0.6 is 0 Å². The van der Waals surface area contributed by atoms with Crippen LogP contribution in [-0.4, -0.2) is 158 Å². The van der Waals surface area contributed by atoms with Crippen LogP contribution in [-0.2, 0) is 66.5 Å². The van der Waals surface area contributed by atoms with Crippen molar-refractivity contribution in [2.45, 2.75) is 164 Å². The van der Waals surface area contributed by atoms with Crippen molar-refractivity contribution in [1.82, 2.24) is 0 Å². The number of rotatable bonds is 18. The van der Waals surface area contributed by atoms with Gasteiger partial charge in [-0.25, -0.2) is 0 Å². The number of ketones is 2. The average Bonchev–Trinajstić information content (AvgIpc) is 3.98. The minimum absolute atomic E-state index is 0.0684. The van der Waals surface area contributed by atoms with Gasteiger partial charge in [0.05, 0.1) is 52.5 Å². The lowest BCUT2D eigenvalue weighted by atomic mass is 9.87. The number of hydrogen-bond acceptors (Lipinski definition) is 16. The molecule has 6 heterocycles. The molecular weight excluding hydrogens is 688 g/mol. The van der Waals surface area contributed by atoms with Gasteiger partial charge in [0.15, 0.2) is 23.8 Å². The number of ether oxygens (including phenoxy) is 10. The van der Waals surface area contributed by atoms with Crippen molar-refractivity contribution in [3.05, 3.63) is 0 Å². The van der Waals surface area contributed by atoms with Gasteiger partial charge in [-0.15, -0.1) is 0 Å². The lowest BCUT2D eigenvalue weighted by molar-refractivity contribution is -0.167. The average molecular weight is 743 g/mol. The van der Waals surface area contributed by atoms with Crippen LogP contribution in [0.1, 0.15) is 79.1 Å². The summed E-state index contributed by atoms with van der Waals surface area (Å²) in [6.07, 6.45) is -5.76. The molecule has 294 valence electrons. The maximum Gasteiger partial charge on any atom is 0.306 e. The van der Waals surface area contributed by atoms with Crippen molar-refractivity contribution >= 4 is 23.5 Å². The Bertz CT molecular complexity index is 1290. The third-order valence-electron chi connectivity index (χ3n) is 11.4. The van der Waals surface area contributed by atoms with E-state index in [9.17, 15) is 29.4 Å². The molecule has 6 rings (SSSR count). The SMILES string of the molecule is CCCC(CC)(O[C@@H]1CO[C@H]2[C@@H]1OC[C@@H]2O)C(=O)CCC(=O)O[C@@H]1CO[C@H]2[C@@H]1OC[C@@H]2OC(C)(CC)C(=O)CCC(=O)O[C@H]1COC2[C@H](O)CO[C@H]21. The van der Waals surface area contributed by atoms with Gasteiger partial charge in [-0.2, -0.15) is 0 Å². The Hall–Kier alpha value is -2.12. The van der Waals surface area contributed by atoms with Gasteiger partial charge in [0.1, 0.15) is 72.2 Å². The topological polar surface area (TPSA) is 201 Å². The van der Waals surface area contributed by atoms with E-state index >= 15 is 0 Å². The van der Waals surface area contributed by atoms with Crippen LogP contribution < -0.4 is 0 Å². The molecule has 0 aromatic rings. The van der Waals surface area contributed by atoms with Gasteiger partial charge in [0.2, 0.25) is 0 Å². The molecule has 0 spiro atoms. The normalized spacial score (nSPS) is 38.7. The number of aliphatic hydroxyl groups is 2. The maximum atomic E-state index is 13.6. The van der Waals surface area contributed by atoms with Crippen molar-refractivity contribution in [3.63, 3.8) is 0 Å². The van der Waals surface area contributed by atoms with E-state index in [1.54, 1.807) is 6.92 Å². The number of hydrogen-bond donors (Lipinski definition) is 2. The van der Waals surface area contributed by atoms with E-state index in [-0.39, 0.29) is 76.9 Å². The molecule has 0 aromatic carbocycles. The summed E-state index contributed by atoms with van der Waals surface area (Å²) in [6, 6.07) is 0. The number of carbonyl (C=O) groups excluding carboxylic acids is 4. The molecule has 0 amide bonds. The maximum absolute atomic E-state index is 13.6. The molecule has 6 fully saturated rings. The zero-order valence-corrected chi connectivity index (χ0v) is 30.4. The van der Waals surface area contributed by atoms with Gasteiger partial charge in [0, 0.05) is 12.8 Å². The fourth-order valence-corrected chi connectivity index (χ4v) is 8.20. The Morgan fingerprint density at radius 2 is 0.981 bits per heavy atom. The largest absolute Gasteiger partial charge is 0.457 e. The second-order valence-electron chi connectivity index (χ2n) is 14.8. The summed E-state index contributed by atoms with van der Waals surface area (Å²) in [5.74, 6) is -1.63. The Morgan fingerprint density at radius 3 is 1.50 bits per heavy atom. The van der Waals surface area contributed by atoms with E-state index < -0.39 is 96.4 Å². The van der Waals surface area contributed by atoms with Crippen molar-refractivity contribution in [2.24, 2.45) is 0 Å². The third kappa shape index (κ3) is 8.11. The molecule has 0 bridgehead atoms. The summed E-state index contributed by atoms with van der Waals surface area (Å²) in [4.78, 5) is 52.6. The van der Waals surface area contributed by atoms with Crippen LogP contribution in [0.3, 0.4) is 0 Å². The first kappa shape index (κ1) is 39.6. The molecule has 0 radical (unpaired) electrons. The Labute approximate surface area is 303 Å². The number of Topliss-reactive ketones (excluding diaryl/α,β-unsaturated/α-hetero) is 2. The van der Waals surface area contributed by atoms with Crippen molar-refractivity contribution in [2.75, 3.05) is 39.6 Å². The fraction of sp³-hybridized carbons (Fsp3) is 0.889. The molecule has 2 N–H and O–H groups in total. The molecule has 6 aliphatic heterocycles. The van der Waals surface area contributed by atoms with Gasteiger partial charge in [-0.05, 0) is 26.2 Å². The highest BCUT2D eigenvalue weighted by Crippen LogP contribution is 2.37. The number of aliphatic hydroxyl groups excluding tert-OH is 2. The highest BCUT2D eigenvalue weighted by molar-refractivity contribution is 5.90. The fourth-order valence-electron chi connectivity index (χ4n) is 8.20. The predicted octanol–water partition coefficient (Wildman–Crippen LogP) is 0.511. The monoisotopic (exact) mass is 742 g/mol. The molecule has 3 unspecified atom stereocenters. The molecule has 16 heteroatoms. The van der Waals surface area contributed by atoms with Crippen molar-refractivity contribution < 1.29 is 76.8 Å². The van der Waals surface area contributed by atoms with E-state index in [2.05, 4.69) is 0 Å². The van der Waals surface area contributed by atoms with E-state index in [1.807, 2.05) is 20.8 Å². The standard InChI is InChI=1S/C36H54O16/c1-5-12-36(7-3,52-24-18-46-30-20(38)14-44-33(24)30)26(40)9-11-28(42)50-22-16-47-34-23(17-48-32(22)34)51-35(4,6-2)25(39)8-10-27(41)49-21-15-45-29-19(37)13-43-31(21)29/h19-24,29-34,37-38H,5-18H2,1-4H3/t19-,20+,21+,22-,23+,24-,29?,30-,31+,32-,33-,34-,35?,36?/m1/s1. The number of carbonyl (C=O) groups is 4. The Morgan fingerprint density at radius 1 is 0.558 bits per heavy atom.